The van der Waals surface area contributed by atoms with Gasteiger partial charge in [0.25, 0.3) is 0 Å². The molecule has 1 amide bonds. The number of esters is 1. The Labute approximate surface area is 138 Å². The van der Waals surface area contributed by atoms with Crippen molar-refractivity contribution in [3.8, 4) is 12.3 Å². The van der Waals surface area contributed by atoms with Gasteiger partial charge in [0.1, 0.15) is 11.6 Å². The molecule has 0 radical (unpaired) electrons. The Morgan fingerprint density at radius 1 is 1.42 bits per heavy atom. The number of nitrogens with zero attached hydrogens (tertiary/aromatic N) is 1. The minimum atomic E-state index is -0.807. The van der Waals surface area contributed by atoms with Crippen molar-refractivity contribution in [1.29, 1.82) is 0 Å². The van der Waals surface area contributed by atoms with E-state index in [9.17, 15) is 14.4 Å². The van der Waals surface area contributed by atoms with Gasteiger partial charge in [0.05, 0.1) is 5.69 Å². The first-order chi connectivity index (χ1) is 11.5. The Hall–Kier alpha value is -3.07. The zero-order valence-electron chi connectivity index (χ0n) is 13.0. The highest BCUT2D eigenvalue weighted by atomic mass is 16.5. The Balaban J connectivity index is 2.06. The van der Waals surface area contributed by atoms with E-state index in [4.69, 9.17) is 15.6 Å². The Morgan fingerprint density at radius 2 is 2.17 bits per heavy atom. The number of anilines is 1. The SMILES string of the molecule is C#C[C@H](C)OC(=O)[C@@H]1CCC(=O)N1c1cc(=O)oc2ccccc12. The lowest BCUT2D eigenvalue weighted by Gasteiger charge is -2.24. The molecule has 0 unspecified atom stereocenters. The molecule has 0 saturated carbocycles. The fourth-order valence-corrected chi connectivity index (χ4v) is 2.79. The second-order valence-corrected chi connectivity index (χ2v) is 5.51. The van der Waals surface area contributed by atoms with Gasteiger partial charge in [-0.15, -0.1) is 6.42 Å². The van der Waals surface area contributed by atoms with Gasteiger partial charge in [0.15, 0.2) is 6.10 Å². The average molecular weight is 325 g/mol. The predicted molar refractivity (Wildman–Crippen MR) is 87.4 cm³/mol. The van der Waals surface area contributed by atoms with Crippen LogP contribution in [0.15, 0.2) is 39.5 Å². The standard InChI is InChI=1S/C18H15NO5/c1-3-11(2)23-18(22)13-8-9-16(20)19(13)14-10-17(21)24-15-7-5-4-6-12(14)15/h1,4-7,10-11,13H,8-9H2,2H3/t11-,13-/m0/s1. The molecule has 24 heavy (non-hydrogen) atoms. The number of amides is 1. The number of carbonyl (C=O) groups excluding carboxylic acids is 2. The van der Waals surface area contributed by atoms with E-state index >= 15 is 0 Å². The van der Waals surface area contributed by atoms with Crippen LogP contribution in [0.2, 0.25) is 0 Å². The summed E-state index contributed by atoms with van der Waals surface area (Å²) in [6, 6.07) is 7.26. The van der Waals surface area contributed by atoms with Crippen LogP contribution < -0.4 is 10.5 Å². The first kappa shape index (κ1) is 15.8. The third kappa shape index (κ3) is 2.76. The summed E-state index contributed by atoms with van der Waals surface area (Å²) in [5.74, 6) is 1.48. The molecular formula is C18H15NO5. The van der Waals surface area contributed by atoms with Gasteiger partial charge in [-0.2, -0.15) is 0 Å². The van der Waals surface area contributed by atoms with Gasteiger partial charge in [0.2, 0.25) is 5.91 Å². The Bertz CT molecular complexity index is 908. The largest absolute Gasteiger partial charge is 0.448 e. The second-order valence-electron chi connectivity index (χ2n) is 5.51. The van der Waals surface area contributed by atoms with Crippen LogP contribution in [0.4, 0.5) is 5.69 Å². The van der Waals surface area contributed by atoms with Crippen LogP contribution in [0.25, 0.3) is 11.0 Å². The number of hydrogen-bond donors (Lipinski definition) is 0. The molecule has 6 heteroatoms. The maximum atomic E-state index is 12.4. The summed E-state index contributed by atoms with van der Waals surface area (Å²) < 4.78 is 10.3. The van der Waals surface area contributed by atoms with Crippen LogP contribution >= 0.6 is 0 Å². The summed E-state index contributed by atoms with van der Waals surface area (Å²) in [4.78, 5) is 37.8. The average Bonchev–Trinajstić information content (AvgIpc) is 2.95. The quantitative estimate of drug-likeness (QED) is 0.489. The molecule has 122 valence electrons. The lowest BCUT2D eigenvalue weighted by atomic mass is 10.1. The predicted octanol–water partition coefficient (Wildman–Crippen LogP) is 1.85. The summed E-state index contributed by atoms with van der Waals surface area (Å²) in [5, 5.41) is 0.579. The topological polar surface area (TPSA) is 76.8 Å². The number of benzene rings is 1. The molecule has 0 spiro atoms. The third-order valence-corrected chi connectivity index (χ3v) is 3.90. The summed E-state index contributed by atoms with van der Waals surface area (Å²) >= 11 is 0. The van der Waals surface area contributed by atoms with Crippen LogP contribution in [-0.2, 0) is 14.3 Å². The smallest absolute Gasteiger partial charge is 0.338 e. The highest BCUT2D eigenvalue weighted by Crippen LogP contribution is 2.32. The van der Waals surface area contributed by atoms with Gasteiger partial charge in [-0.05, 0) is 25.5 Å². The van der Waals surface area contributed by atoms with Crippen molar-refractivity contribution in [3.05, 3.63) is 40.8 Å². The highest BCUT2D eigenvalue weighted by Gasteiger charge is 2.39. The van der Waals surface area contributed by atoms with Gasteiger partial charge in [-0.1, -0.05) is 18.1 Å². The van der Waals surface area contributed by atoms with Crippen molar-refractivity contribution in [2.45, 2.75) is 31.9 Å². The van der Waals surface area contributed by atoms with Gasteiger partial charge in [-0.25, -0.2) is 9.59 Å². The molecule has 2 heterocycles. The van der Waals surface area contributed by atoms with Crippen LogP contribution in [0.1, 0.15) is 19.8 Å². The van der Waals surface area contributed by atoms with E-state index in [0.29, 0.717) is 23.1 Å². The molecule has 1 saturated heterocycles. The van der Waals surface area contributed by atoms with Gasteiger partial charge in [0, 0.05) is 17.9 Å². The fraction of sp³-hybridized carbons (Fsp3) is 0.278. The number of carbonyl (C=O) groups is 2. The van der Waals surface area contributed by atoms with Gasteiger partial charge in [-0.3, -0.25) is 9.69 Å². The molecule has 1 aliphatic rings. The number of para-hydroxylation sites is 1. The molecular weight excluding hydrogens is 310 g/mol. The second kappa shape index (κ2) is 6.20. The van der Waals surface area contributed by atoms with Crippen molar-refractivity contribution in [1.82, 2.24) is 0 Å². The van der Waals surface area contributed by atoms with Crippen LogP contribution in [0, 0.1) is 12.3 Å². The van der Waals surface area contributed by atoms with Crippen LogP contribution in [-0.4, -0.2) is 24.0 Å². The van der Waals surface area contributed by atoms with E-state index in [2.05, 4.69) is 5.92 Å². The van der Waals surface area contributed by atoms with Crippen LogP contribution in [0.5, 0.6) is 0 Å². The monoisotopic (exact) mass is 325 g/mol. The molecule has 2 aromatic rings. The summed E-state index contributed by atoms with van der Waals surface area (Å²) in [7, 11) is 0. The number of rotatable bonds is 3. The van der Waals surface area contributed by atoms with E-state index in [-0.39, 0.29) is 12.3 Å². The molecule has 1 aromatic heterocycles. The summed E-state index contributed by atoms with van der Waals surface area (Å²) in [5.41, 5.74) is 0.107. The minimum absolute atomic E-state index is 0.193. The first-order valence-corrected chi connectivity index (χ1v) is 7.53. The zero-order valence-corrected chi connectivity index (χ0v) is 13.0. The molecule has 1 aromatic carbocycles. The fourth-order valence-electron chi connectivity index (χ4n) is 2.79. The van der Waals surface area contributed by atoms with E-state index in [1.54, 1.807) is 31.2 Å². The number of hydrogen-bond acceptors (Lipinski definition) is 5. The summed E-state index contributed by atoms with van der Waals surface area (Å²) in [6.07, 6.45) is 5.04. The van der Waals surface area contributed by atoms with Crippen molar-refractivity contribution in [2.24, 2.45) is 0 Å². The Kier molecular flexibility index (Phi) is 4.09. The van der Waals surface area contributed by atoms with E-state index in [1.807, 2.05) is 0 Å². The number of ether oxygens (including phenoxy) is 1. The molecule has 2 atom stereocenters. The van der Waals surface area contributed by atoms with E-state index in [1.165, 1.54) is 11.0 Å². The maximum Gasteiger partial charge on any atom is 0.338 e. The van der Waals surface area contributed by atoms with Crippen LogP contribution in [0.3, 0.4) is 0 Å². The van der Waals surface area contributed by atoms with E-state index < -0.39 is 23.7 Å². The lowest BCUT2D eigenvalue weighted by molar-refractivity contribution is -0.147. The highest BCUT2D eigenvalue weighted by molar-refractivity contribution is 6.07. The van der Waals surface area contributed by atoms with E-state index in [0.717, 1.165) is 0 Å². The molecule has 0 bridgehead atoms. The lowest BCUT2D eigenvalue weighted by Crippen LogP contribution is -2.41. The number of terminal acetylenes is 1. The first-order valence-electron chi connectivity index (χ1n) is 7.53. The van der Waals surface area contributed by atoms with Crippen molar-refractivity contribution in [3.63, 3.8) is 0 Å². The molecule has 0 N–H and O–H groups in total. The summed E-state index contributed by atoms with van der Waals surface area (Å²) in [6.45, 7) is 1.57. The Morgan fingerprint density at radius 3 is 2.92 bits per heavy atom. The van der Waals surface area contributed by atoms with Crippen molar-refractivity contribution < 1.29 is 18.7 Å². The molecule has 0 aliphatic carbocycles. The van der Waals surface area contributed by atoms with Crippen molar-refractivity contribution in [2.75, 3.05) is 4.90 Å². The van der Waals surface area contributed by atoms with Crippen molar-refractivity contribution >= 4 is 28.5 Å². The zero-order chi connectivity index (χ0) is 17.3. The number of fused-ring (bicyclic) bond motifs is 1. The third-order valence-electron chi connectivity index (χ3n) is 3.90. The minimum Gasteiger partial charge on any atom is -0.448 e. The molecule has 1 fully saturated rings. The normalized spacial score (nSPS) is 18.4. The van der Waals surface area contributed by atoms with Gasteiger partial charge < -0.3 is 9.15 Å². The maximum absolute atomic E-state index is 12.4. The molecule has 3 rings (SSSR count). The van der Waals surface area contributed by atoms with Gasteiger partial charge >= 0.3 is 11.6 Å². The molecule has 1 aliphatic heterocycles. The molecule has 6 nitrogen and oxygen atoms in total.